The Balaban J connectivity index is 2.57. The molecule has 1 heterocycles. The minimum atomic E-state index is -1.10. The minimum absolute atomic E-state index is 0.0274. The lowest BCUT2D eigenvalue weighted by Gasteiger charge is -2.26. The zero-order chi connectivity index (χ0) is 11.2. The fraction of sp³-hybridized carbons (Fsp3) is 0.600. The molecule has 0 spiro atoms. The quantitative estimate of drug-likeness (QED) is 0.683. The van der Waals surface area contributed by atoms with Crippen molar-refractivity contribution in [3.05, 3.63) is 17.0 Å². The van der Waals surface area contributed by atoms with Crippen LogP contribution in [0.5, 0.6) is 0 Å². The van der Waals surface area contributed by atoms with Crippen molar-refractivity contribution in [2.45, 2.75) is 25.8 Å². The molecule has 0 fully saturated rings. The lowest BCUT2D eigenvalue weighted by atomic mass is 9.85. The average Bonchev–Trinajstić information content (AvgIpc) is 2.68. The van der Waals surface area contributed by atoms with Crippen molar-refractivity contribution in [2.75, 3.05) is 7.11 Å². The smallest absolute Gasteiger partial charge is 0.331 e. The molecule has 2 unspecified atom stereocenters. The number of carbonyl (C=O) groups is 1. The van der Waals surface area contributed by atoms with Gasteiger partial charge in [0.2, 0.25) is 0 Å². The maximum absolute atomic E-state index is 11.7. The maximum Gasteiger partial charge on any atom is 0.331 e. The van der Waals surface area contributed by atoms with E-state index in [0.29, 0.717) is 23.4 Å². The normalized spacial score (nSPS) is 28.9. The number of rotatable bonds is 1. The summed E-state index contributed by atoms with van der Waals surface area (Å²) in [6, 6.07) is 0. The predicted molar refractivity (Wildman–Crippen MR) is 52.0 cm³/mol. The second-order valence-electron chi connectivity index (χ2n) is 4.03. The van der Waals surface area contributed by atoms with Crippen molar-refractivity contribution in [3.8, 4) is 0 Å². The van der Waals surface area contributed by atoms with Gasteiger partial charge < -0.3 is 15.0 Å². The SMILES string of the molecule is COC(=O)C1(N)c2c(C)noc2CC1C. The highest BCUT2D eigenvalue weighted by molar-refractivity contribution is 5.84. The highest BCUT2D eigenvalue weighted by atomic mass is 16.5. The van der Waals surface area contributed by atoms with E-state index in [9.17, 15) is 4.79 Å². The van der Waals surface area contributed by atoms with Gasteiger partial charge in [-0.05, 0) is 12.8 Å². The number of hydrogen-bond donors (Lipinski definition) is 1. The summed E-state index contributed by atoms with van der Waals surface area (Å²) in [5, 5.41) is 3.82. The zero-order valence-corrected chi connectivity index (χ0v) is 9.03. The number of esters is 1. The third-order valence-corrected chi connectivity index (χ3v) is 3.14. The molecule has 0 saturated heterocycles. The Hall–Kier alpha value is -1.36. The molecule has 5 heteroatoms. The van der Waals surface area contributed by atoms with Gasteiger partial charge in [0.15, 0.2) is 0 Å². The highest BCUT2D eigenvalue weighted by Crippen LogP contribution is 2.41. The molecule has 1 aromatic heterocycles. The van der Waals surface area contributed by atoms with Gasteiger partial charge in [0.05, 0.1) is 12.8 Å². The van der Waals surface area contributed by atoms with E-state index in [1.54, 1.807) is 6.92 Å². The van der Waals surface area contributed by atoms with Crippen molar-refractivity contribution in [3.63, 3.8) is 0 Å². The van der Waals surface area contributed by atoms with Crippen LogP contribution >= 0.6 is 0 Å². The van der Waals surface area contributed by atoms with Gasteiger partial charge in [-0.15, -0.1) is 0 Å². The first-order valence-corrected chi connectivity index (χ1v) is 4.84. The largest absolute Gasteiger partial charge is 0.467 e. The van der Waals surface area contributed by atoms with Crippen LogP contribution < -0.4 is 5.73 Å². The van der Waals surface area contributed by atoms with Crippen LogP contribution in [0.15, 0.2) is 4.52 Å². The van der Waals surface area contributed by atoms with Crippen LogP contribution in [0.4, 0.5) is 0 Å². The van der Waals surface area contributed by atoms with Gasteiger partial charge in [-0.3, -0.25) is 0 Å². The van der Waals surface area contributed by atoms with Gasteiger partial charge in [0.25, 0.3) is 0 Å². The van der Waals surface area contributed by atoms with E-state index in [4.69, 9.17) is 15.0 Å². The van der Waals surface area contributed by atoms with Gasteiger partial charge in [-0.1, -0.05) is 12.1 Å². The third kappa shape index (κ3) is 1.13. The molecule has 0 saturated carbocycles. The first kappa shape index (κ1) is 10.2. The van der Waals surface area contributed by atoms with E-state index in [1.165, 1.54) is 7.11 Å². The van der Waals surface area contributed by atoms with Crippen LogP contribution in [0.25, 0.3) is 0 Å². The highest BCUT2D eigenvalue weighted by Gasteiger charge is 2.52. The van der Waals surface area contributed by atoms with Crippen molar-refractivity contribution in [2.24, 2.45) is 11.7 Å². The summed E-state index contributed by atoms with van der Waals surface area (Å²) in [6.45, 7) is 3.69. The number of nitrogens with two attached hydrogens (primary N) is 1. The van der Waals surface area contributed by atoms with E-state index >= 15 is 0 Å². The fourth-order valence-electron chi connectivity index (χ4n) is 2.24. The number of aryl methyl sites for hydroxylation is 1. The number of ether oxygens (including phenoxy) is 1. The second kappa shape index (κ2) is 3.06. The number of hydrogen-bond acceptors (Lipinski definition) is 5. The first-order chi connectivity index (χ1) is 7.01. The van der Waals surface area contributed by atoms with Gasteiger partial charge in [0.1, 0.15) is 11.3 Å². The Morgan fingerprint density at radius 3 is 3.00 bits per heavy atom. The summed E-state index contributed by atoms with van der Waals surface area (Å²) < 4.78 is 9.88. The number of methoxy groups -OCH3 is 1. The lowest BCUT2D eigenvalue weighted by molar-refractivity contribution is -0.149. The summed E-state index contributed by atoms with van der Waals surface area (Å²) in [5.41, 5.74) is 6.40. The second-order valence-corrected chi connectivity index (χ2v) is 4.03. The monoisotopic (exact) mass is 210 g/mol. The van der Waals surface area contributed by atoms with Crippen LogP contribution in [0.1, 0.15) is 23.9 Å². The molecule has 0 radical (unpaired) electrons. The number of carbonyl (C=O) groups excluding carboxylic acids is 1. The Bertz CT molecular complexity index is 413. The number of nitrogens with zero attached hydrogens (tertiary/aromatic N) is 1. The summed E-state index contributed by atoms with van der Waals surface area (Å²) in [5.74, 6) is 0.244. The van der Waals surface area contributed by atoms with Crippen molar-refractivity contribution in [1.82, 2.24) is 5.16 Å². The third-order valence-electron chi connectivity index (χ3n) is 3.14. The van der Waals surface area contributed by atoms with Crippen molar-refractivity contribution in [1.29, 1.82) is 0 Å². The van der Waals surface area contributed by atoms with Crippen LogP contribution in [0.2, 0.25) is 0 Å². The molecular weight excluding hydrogens is 196 g/mol. The van der Waals surface area contributed by atoms with Crippen molar-refractivity contribution >= 4 is 5.97 Å². The van der Waals surface area contributed by atoms with Crippen LogP contribution in [-0.2, 0) is 21.5 Å². The molecule has 1 aromatic rings. The molecule has 0 bridgehead atoms. The molecule has 5 nitrogen and oxygen atoms in total. The number of aromatic nitrogens is 1. The Morgan fingerprint density at radius 1 is 1.73 bits per heavy atom. The Labute approximate surface area is 87.6 Å². The van der Waals surface area contributed by atoms with Crippen molar-refractivity contribution < 1.29 is 14.1 Å². The number of fused-ring (bicyclic) bond motifs is 1. The molecule has 0 aromatic carbocycles. The Morgan fingerprint density at radius 2 is 2.40 bits per heavy atom. The minimum Gasteiger partial charge on any atom is -0.467 e. The van der Waals surface area contributed by atoms with Gasteiger partial charge >= 0.3 is 5.97 Å². The van der Waals surface area contributed by atoms with Gasteiger partial charge in [0, 0.05) is 12.0 Å². The molecule has 15 heavy (non-hydrogen) atoms. The standard InChI is InChI=1S/C10H14N2O3/c1-5-4-7-8(6(2)12-15-7)10(5,11)9(13)14-3/h5H,4,11H2,1-3H3. The zero-order valence-electron chi connectivity index (χ0n) is 9.03. The topological polar surface area (TPSA) is 78.4 Å². The maximum atomic E-state index is 11.7. The van der Waals surface area contributed by atoms with E-state index in [-0.39, 0.29) is 5.92 Å². The molecule has 2 rings (SSSR count). The summed E-state index contributed by atoms with van der Waals surface area (Å²) in [6.07, 6.45) is 0.627. The lowest BCUT2D eigenvalue weighted by Crippen LogP contribution is -2.49. The van der Waals surface area contributed by atoms with E-state index in [0.717, 1.165) is 0 Å². The molecule has 1 aliphatic rings. The van der Waals surface area contributed by atoms with E-state index in [2.05, 4.69) is 5.16 Å². The molecular formula is C10H14N2O3. The molecule has 0 aliphatic heterocycles. The molecule has 82 valence electrons. The average molecular weight is 210 g/mol. The fourth-order valence-corrected chi connectivity index (χ4v) is 2.24. The van der Waals surface area contributed by atoms with Gasteiger partial charge in [-0.2, -0.15) is 0 Å². The van der Waals surface area contributed by atoms with E-state index < -0.39 is 11.5 Å². The molecule has 2 atom stereocenters. The first-order valence-electron chi connectivity index (χ1n) is 4.84. The van der Waals surface area contributed by atoms with Crippen LogP contribution in [-0.4, -0.2) is 18.2 Å². The van der Waals surface area contributed by atoms with Crippen LogP contribution in [0.3, 0.4) is 0 Å². The van der Waals surface area contributed by atoms with Crippen LogP contribution in [0, 0.1) is 12.8 Å². The van der Waals surface area contributed by atoms with Gasteiger partial charge in [-0.25, -0.2) is 4.79 Å². The molecule has 1 aliphatic carbocycles. The van der Waals surface area contributed by atoms with E-state index in [1.807, 2.05) is 6.92 Å². The molecule has 0 amide bonds. The Kier molecular flexibility index (Phi) is 2.08. The summed E-state index contributed by atoms with van der Waals surface area (Å²) in [7, 11) is 1.34. The summed E-state index contributed by atoms with van der Waals surface area (Å²) in [4.78, 5) is 11.7. The summed E-state index contributed by atoms with van der Waals surface area (Å²) >= 11 is 0. The predicted octanol–water partition coefficient (Wildman–Crippen LogP) is 0.502. The molecule has 2 N–H and O–H groups in total.